The predicted octanol–water partition coefficient (Wildman–Crippen LogP) is 3.03. The van der Waals surface area contributed by atoms with Gasteiger partial charge in [-0.3, -0.25) is 4.90 Å². The molecule has 0 saturated carbocycles. The first-order chi connectivity index (χ1) is 10.8. The minimum Gasteiger partial charge on any atom is -0.493 e. The largest absolute Gasteiger partial charge is 0.493 e. The van der Waals surface area contributed by atoms with Crippen molar-refractivity contribution in [2.75, 3.05) is 33.4 Å². The highest BCUT2D eigenvalue weighted by Gasteiger charge is 2.29. The van der Waals surface area contributed by atoms with Gasteiger partial charge in [0.25, 0.3) is 0 Å². The molecule has 0 bridgehead atoms. The van der Waals surface area contributed by atoms with Crippen molar-refractivity contribution in [3.8, 4) is 11.5 Å². The van der Waals surface area contributed by atoms with Crippen LogP contribution in [0, 0.1) is 3.57 Å². The molecule has 0 aromatic heterocycles. The molecule has 2 rings (SSSR count). The van der Waals surface area contributed by atoms with Gasteiger partial charge in [0.1, 0.15) is 0 Å². The van der Waals surface area contributed by atoms with E-state index < -0.39 is 12.8 Å². The van der Waals surface area contributed by atoms with Gasteiger partial charge in [-0.25, -0.2) is 0 Å². The molecule has 1 heterocycles. The van der Waals surface area contributed by atoms with Crippen LogP contribution in [0.2, 0.25) is 0 Å². The molecule has 1 aliphatic rings. The van der Waals surface area contributed by atoms with Gasteiger partial charge in [-0.15, -0.1) is 0 Å². The summed E-state index contributed by atoms with van der Waals surface area (Å²) in [6.45, 7) is 4.35. The van der Waals surface area contributed by atoms with Gasteiger partial charge in [0.2, 0.25) is 0 Å². The SMILES string of the molecule is COc1cc(CN2CCN[C@H](C)C2)cc(I)c1OCC(F)(F)F. The lowest BCUT2D eigenvalue weighted by Crippen LogP contribution is -2.48. The van der Waals surface area contributed by atoms with E-state index in [9.17, 15) is 13.2 Å². The lowest BCUT2D eigenvalue weighted by molar-refractivity contribution is -0.153. The molecule has 23 heavy (non-hydrogen) atoms. The molecule has 1 saturated heterocycles. The van der Waals surface area contributed by atoms with E-state index in [4.69, 9.17) is 9.47 Å². The number of halogens is 4. The maximum absolute atomic E-state index is 12.4. The molecule has 1 atom stereocenters. The van der Waals surface area contributed by atoms with Crippen molar-refractivity contribution in [2.24, 2.45) is 0 Å². The summed E-state index contributed by atoms with van der Waals surface area (Å²) in [5, 5.41) is 3.38. The summed E-state index contributed by atoms with van der Waals surface area (Å²) in [7, 11) is 1.43. The van der Waals surface area contributed by atoms with Crippen molar-refractivity contribution in [3.63, 3.8) is 0 Å². The summed E-state index contributed by atoms with van der Waals surface area (Å²) in [5.74, 6) is 0.474. The first-order valence-corrected chi connectivity index (χ1v) is 8.38. The number of piperazine rings is 1. The highest BCUT2D eigenvalue weighted by molar-refractivity contribution is 14.1. The molecule has 1 aromatic rings. The molecule has 0 spiro atoms. The van der Waals surface area contributed by atoms with Crippen LogP contribution in [0.15, 0.2) is 12.1 Å². The fraction of sp³-hybridized carbons (Fsp3) is 0.600. The number of hydrogen-bond acceptors (Lipinski definition) is 4. The average Bonchev–Trinajstić information content (AvgIpc) is 2.44. The van der Waals surface area contributed by atoms with Crippen LogP contribution in [0.25, 0.3) is 0 Å². The van der Waals surface area contributed by atoms with Gasteiger partial charge in [0.15, 0.2) is 18.1 Å². The standard InChI is InChI=1S/C15H20F3IN2O2/c1-10-7-21(4-3-20-10)8-11-5-12(19)14(13(6-11)22-2)23-9-15(16,17)18/h5-6,10,20H,3-4,7-9H2,1-2H3/t10-/m1/s1. The third-order valence-corrected chi connectivity index (χ3v) is 4.33. The Hall–Kier alpha value is -0.740. The fourth-order valence-electron chi connectivity index (χ4n) is 2.57. The number of hydrogen-bond donors (Lipinski definition) is 1. The molecular formula is C15H20F3IN2O2. The van der Waals surface area contributed by atoms with Gasteiger partial charge in [-0.2, -0.15) is 13.2 Å². The zero-order valence-corrected chi connectivity index (χ0v) is 15.2. The second-order valence-electron chi connectivity index (χ2n) is 5.60. The molecule has 1 fully saturated rings. The van der Waals surface area contributed by atoms with Gasteiger partial charge in [-0.1, -0.05) is 0 Å². The molecule has 1 aliphatic heterocycles. The van der Waals surface area contributed by atoms with Crippen molar-refractivity contribution < 1.29 is 22.6 Å². The van der Waals surface area contributed by atoms with E-state index in [-0.39, 0.29) is 5.75 Å². The van der Waals surface area contributed by atoms with Crippen molar-refractivity contribution in [3.05, 3.63) is 21.3 Å². The summed E-state index contributed by atoms with van der Waals surface area (Å²) >= 11 is 1.98. The molecule has 0 radical (unpaired) electrons. The Labute approximate surface area is 147 Å². The minimum absolute atomic E-state index is 0.142. The van der Waals surface area contributed by atoms with Crippen LogP contribution in [0.1, 0.15) is 12.5 Å². The van der Waals surface area contributed by atoms with Gasteiger partial charge in [0, 0.05) is 32.2 Å². The highest BCUT2D eigenvalue weighted by Crippen LogP contribution is 2.35. The third kappa shape index (κ3) is 5.68. The Balaban J connectivity index is 2.12. The number of nitrogens with one attached hydrogen (secondary N) is 1. The van der Waals surface area contributed by atoms with Gasteiger partial charge < -0.3 is 14.8 Å². The molecule has 0 amide bonds. The molecule has 130 valence electrons. The Bertz CT molecular complexity index is 540. The van der Waals surface area contributed by atoms with E-state index in [1.165, 1.54) is 7.11 Å². The maximum atomic E-state index is 12.4. The number of methoxy groups -OCH3 is 1. The monoisotopic (exact) mass is 444 g/mol. The van der Waals surface area contributed by atoms with E-state index in [1.807, 2.05) is 28.7 Å². The van der Waals surface area contributed by atoms with Gasteiger partial charge in [0.05, 0.1) is 10.7 Å². The predicted molar refractivity (Wildman–Crippen MR) is 90.0 cm³/mol. The Kier molecular flexibility index (Phi) is 6.38. The number of nitrogens with zero attached hydrogens (tertiary/aromatic N) is 1. The Morgan fingerprint density at radius 1 is 1.39 bits per heavy atom. The topological polar surface area (TPSA) is 33.7 Å². The minimum atomic E-state index is -4.37. The van der Waals surface area contributed by atoms with Crippen molar-refractivity contribution in [1.82, 2.24) is 10.2 Å². The van der Waals surface area contributed by atoms with E-state index in [2.05, 4.69) is 17.1 Å². The molecule has 1 aromatic carbocycles. The zero-order chi connectivity index (χ0) is 17.0. The van der Waals surface area contributed by atoms with Crippen LogP contribution < -0.4 is 14.8 Å². The molecule has 0 aliphatic carbocycles. The Morgan fingerprint density at radius 2 is 2.13 bits per heavy atom. The normalized spacial score (nSPS) is 19.7. The first-order valence-electron chi connectivity index (χ1n) is 7.30. The Morgan fingerprint density at radius 3 is 2.74 bits per heavy atom. The summed E-state index contributed by atoms with van der Waals surface area (Å²) in [6.07, 6.45) is -4.37. The zero-order valence-electron chi connectivity index (χ0n) is 13.0. The number of benzene rings is 1. The van der Waals surface area contributed by atoms with E-state index >= 15 is 0 Å². The van der Waals surface area contributed by atoms with Crippen LogP contribution in [0.5, 0.6) is 11.5 Å². The van der Waals surface area contributed by atoms with Gasteiger partial charge in [-0.05, 0) is 47.2 Å². The van der Waals surface area contributed by atoms with Crippen LogP contribution >= 0.6 is 22.6 Å². The van der Waals surface area contributed by atoms with Gasteiger partial charge >= 0.3 is 6.18 Å². The van der Waals surface area contributed by atoms with E-state index in [0.29, 0.717) is 15.4 Å². The lowest BCUT2D eigenvalue weighted by Gasteiger charge is -2.32. The lowest BCUT2D eigenvalue weighted by atomic mass is 10.1. The second kappa shape index (κ2) is 7.89. The van der Waals surface area contributed by atoms with Crippen molar-refractivity contribution >= 4 is 22.6 Å². The first kappa shape index (κ1) is 18.6. The van der Waals surface area contributed by atoms with E-state index in [1.54, 1.807) is 6.07 Å². The number of alkyl halides is 3. The summed E-state index contributed by atoms with van der Waals surface area (Å²) < 4.78 is 47.8. The maximum Gasteiger partial charge on any atom is 0.422 e. The molecule has 1 N–H and O–H groups in total. The number of rotatable bonds is 5. The molecule has 0 unspecified atom stereocenters. The third-order valence-electron chi connectivity index (χ3n) is 3.53. The molecular weight excluding hydrogens is 424 g/mol. The van der Waals surface area contributed by atoms with Crippen LogP contribution in [0.3, 0.4) is 0 Å². The van der Waals surface area contributed by atoms with Crippen LogP contribution in [0.4, 0.5) is 13.2 Å². The molecule has 4 nitrogen and oxygen atoms in total. The number of ether oxygens (including phenoxy) is 2. The van der Waals surface area contributed by atoms with Crippen molar-refractivity contribution in [2.45, 2.75) is 25.7 Å². The smallest absolute Gasteiger partial charge is 0.422 e. The summed E-state index contributed by atoms with van der Waals surface area (Å²) in [5.41, 5.74) is 1.000. The average molecular weight is 444 g/mol. The van der Waals surface area contributed by atoms with Crippen LogP contribution in [-0.2, 0) is 6.54 Å². The van der Waals surface area contributed by atoms with Crippen LogP contribution in [-0.4, -0.2) is 50.5 Å². The summed E-state index contributed by atoms with van der Waals surface area (Å²) in [4.78, 5) is 2.31. The highest BCUT2D eigenvalue weighted by atomic mass is 127. The van der Waals surface area contributed by atoms with E-state index in [0.717, 1.165) is 31.7 Å². The second-order valence-corrected chi connectivity index (χ2v) is 6.77. The fourth-order valence-corrected chi connectivity index (χ4v) is 3.39. The summed E-state index contributed by atoms with van der Waals surface area (Å²) in [6, 6.07) is 4.03. The quantitative estimate of drug-likeness (QED) is 0.709. The molecule has 8 heteroatoms. The van der Waals surface area contributed by atoms with Crippen molar-refractivity contribution in [1.29, 1.82) is 0 Å².